The summed E-state index contributed by atoms with van der Waals surface area (Å²) in [6.45, 7) is 5.45. The van der Waals surface area contributed by atoms with E-state index in [1.54, 1.807) is 0 Å². The number of rotatable bonds is 5. The van der Waals surface area contributed by atoms with Crippen LogP contribution in [0.1, 0.15) is 42.4 Å². The number of hydrogen-bond acceptors (Lipinski definition) is 3. The van der Waals surface area contributed by atoms with Gasteiger partial charge in [0.2, 0.25) is 0 Å². The molecule has 1 aliphatic heterocycles. The Bertz CT molecular complexity index is 682. The number of fused-ring (bicyclic) bond motifs is 1. The largest absolute Gasteiger partial charge is 0.494 e. The zero-order chi connectivity index (χ0) is 16.2. The normalized spacial score (nSPS) is 16.7. The van der Waals surface area contributed by atoms with Gasteiger partial charge >= 0.3 is 0 Å². The van der Waals surface area contributed by atoms with Crippen molar-refractivity contribution >= 4 is 11.6 Å². The molecule has 2 aromatic carbocycles. The molecule has 0 radical (unpaired) electrons. The number of carbonyl (C=O) groups is 1. The Morgan fingerprint density at radius 1 is 1.09 bits per heavy atom. The van der Waals surface area contributed by atoms with Gasteiger partial charge in [-0.15, -0.1) is 0 Å². The van der Waals surface area contributed by atoms with Crippen LogP contribution in [0.5, 0.6) is 5.75 Å². The van der Waals surface area contributed by atoms with Crippen LogP contribution < -0.4 is 10.1 Å². The van der Waals surface area contributed by atoms with Crippen molar-refractivity contribution in [3.63, 3.8) is 0 Å². The average molecular weight is 310 g/mol. The highest BCUT2D eigenvalue weighted by Crippen LogP contribution is 2.33. The van der Waals surface area contributed by atoms with Crippen LogP contribution >= 0.6 is 0 Å². The fourth-order valence-corrected chi connectivity index (χ4v) is 2.85. The number of nitrogens with zero attached hydrogens (tertiary/aromatic N) is 1. The third kappa shape index (κ3) is 3.02. The molecule has 0 spiro atoms. The Labute approximate surface area is 137 Å². The van der Waals surface area contributed by atoms with Crippen LogP contribution in [-0.4, -0.2) is 24.0 Å². The third-order valence-corrected chi connectivity index (χ3v) is 4.03. The number of para-hydroxylation sites is 1. The quantitative estimate of drug-likeness (QED) is 0.905. The van der Waals surface area contributed by atoms with Gasteiger partial charge in [-0.05, 0) is 43.2 Å². The lowest BCUT2D eigenvalue weighted by Crippen LogP contribution is -2.42. The maximum Gasteiger partial charge on any atom is 0.257 e. The van der Waals surface area contributed by atoms with E-state index in [4.69, 9.17) is 4.74 Å². The lowest BCUT2D eigenvalue weighted by molar-refractivity contribution is 0.0695. The Morgan fingerprint density at radius 3 is 2.52 bits per heavy atom. The van der Waals surface area contributed by atoms with Gasteiger partial charge in [-0.3, -0.25) is 4.79 Å². The molecular weight excluding hydrogens is 288 g/mol. The van der Waals surface area contributed by atoms with Crippen LogP contribution in [0.2, 0.25) is 0 Å². The van der Waals surface area contributed by atoms with Crippen LogP contribution in [0, 0.1) is 0 Å². The molecule has 3 rings (SSSR count). The molecule has 0 fully saturated rings. The molecule has 0 aromatic heterocycles. The fraction of sp³-hybridized carbons (Fsp3) is 0.316. The summed E-state index contributed by atoms with van der Waals surface area (Å²) in [6, 6.07) is 15.6. The molecular formula is C19H22N2O2. The molecule has 1 amide bonds. The predicted molar refractivity (Wildman–Crippen MR) is 91.7 cm³/mol. The smallest absolute Gasteiger partial charge is 0.257 e. The van der Waals surface area contributed by atoms with Crippen molar-refractivity contribution in [1.82, 2.24) is 4.90 Å². The highest BCUT2D eigenvalue weighted by atomic mass is 16.5. The molecule has 1 heterocycles. The molecule has 1 aliphatic rings. The molecule has 2 aromatic rings. The SMILES string of the molecule is CCCOc1ccc(C2Nc3ccccc3C(=O)N2CC)cc1. The minimum atomic E-state index is -0.150. The number of hydrogen-bond donors (Lipinski definition) is 1. The minimum Gasteiger partial charge on any atom is -0.494 e. The fourth-order valence-electron chi connectivity index (χ4n) is 2.85. The highest BCUT2D eigenvalue weighted by molar-refractivity contribution is 6.01. The summed E-state index contributed by atoms with van der Waals surface area (Å²) in [7, 11) is 0. The summed E-state index contributed by atoms with van der Waals surface area (Å²) in [4.78, 5) is 14.6. The second kappa shape index (κ2) is 6.73. The minimum absolute atomic E-state index is 0.0677. The van der Waals surface area contributed by atoms with Crippen LogP contribution in [0.4, 0.5) is 5.69 Å². The Hall–Kier alpha value is -2.49. The van der Waals surface area contributed by atoms with Gasteiger partial charge < -0.3 is 15.0 Å². The van der Waals surface area contributed by atoms with Crippen molar-refractivity contribution in [1.29, 1.82) is 0 Å². The predicted octanol–water partition coefficient (Wildman–Crippen LogP) is 4.06. The van der Waals surface area contributed by atoms with Gasteiger partial charge in [0.1, 0.15) is 11.9 Å². The number of amides is 1. The first kappa shape index (κ1) is 15.4. The van der Waals surface area contributed by atoms with Gasteiger partial charge in [-0.1, -0.05) is 31.2 Å². The molecule has 23 heavy (non-hydrogen) atoms. The number of carbonyl (C=O) groups excluding carboxylic acids is 1. The number of benzene rings is 2. The zero-order valence-electron chi connectivity index (χ0n) is 13.6. The van der Waals surface area contributed by atoms with Crippen LogP contribution in [0.25, 0.3) is 0 Å². The number of ether oxygens (including phenoxy) is 1. The number of anilines is 1. The van der Waals surface area contributed by atoms with Gasteiger partial charge in [0.15, 0.2) is 0 Å². The van der Waals surface area contributed by atoms with E-state index in [0.717, 1.165) is 29.0 Å². The lowest BCUT2D eigenvalue weighted by atomic mass is 10.0. The van der Waals surface area contributed by atoms with E-state index < -0.39 is 0 Å². The second-order valence-electron chi connectivity index (χ2n) is 5.60. The van der Waals surface area contributed by atoms with Gasteiger partial charge in [-0.2, -0.15) is 0 Å². The zero-order valence-corrected chi connectivity index (χ0v) is 13.6. The molecule has 0 bridgehead atoms. The molecule has 0 aliphatic carbocycles. The Morgan fingerprint density at radius 2 is 1.83 bits per heavy atom. The first-order valence-corrected chi connectivity index (χ1v) is 8.14. The summed E-state index contributed by atoms with van der Waals surface area (Å²) >= 11 is 0. The highest BCUT2D eigenvalue weighted by Gasteiger charge is 2.31. The Kier molecular flexibility index (Phi) is 4.51. The van der Waals surface area contributed by atoms with Crippen LogP contribution in [0.15, 0.2) is 48.5 Å². The van der Waals surface area contributed by atoms with E-state index in [1.165, 1.54) is 0 Å². The van der Waals surface area contributed by atoms with Crippen LogP contribution in [0.3, 0.4) is 0 Å². The first-order valence-electron chi connectivity index (χ1n) is 8.14. The van der Waals surface area contributed by atoms with E-state index in [0.29, 0.717) is 13.2 Å². The van der Waals surface area contributed by atoms with E-state index in [1.807, 2.05) is 60.4 Å². The summed E-state index contributed by atoms with van der Waals surface area (Å²) in [6.07, 6.45) is 0.837. The maximum atomic E-state index is 12.7. The molecule has 1 atom stereocenters. The Balaban J connectivity index is 1.88. The van der Waals surface area contributed by atoms with E-state index in [-0.39, 0.29) is 12.1 Å². The van der Waals surface area contributed by atoms with Crippen molar-refractivity contribution in [2.75, 3.05) is 18.5 Å². The lowest BCUT2D eigenvalue weighted by Gasteiger charge is -2.37. The van der Waals surface area contributed by atoms with Gasteiger partial charge in [-0.25, -0.2) is 0 Å². The topological polar surface area (TPSA) is 41.6 Å². The van der Waals surface area contributed by atoms with Crippen molar-refractivity contribution in [3.05, 3.63) is 59.7 Å². The van der Waals surface area contributed by atoms with Crippen LogP contribution in [-0.2, 0) is 0 Å². The number of nitrogens with one attached hydrogen (secondary N) is 1. The van der Waals surface area contributed by atoms with Crippen molar-refractivity contribution in [2.24, 2.45) is 0 Å². The average Bonchev–Trinajstić information content (AvgIpc) is 2.60. The van der Waals surface area contributed by atoms with Crippen molar-refractivity contribution in [3.8, 4) is 5.75 Å². The molecule has 4 heteroatoms. The standard InChI is InChI=1S/C19H22N2O2/c1-3-13-23-15-11-9-14(10-12-15)18-20-17-8-6-5-7-16(17)19(22)21(18)4-2/h5-12,18,20H,3-4,13H2,1-2H3. The molecule has 1 unspecified atom stereocenters. The maximum absolute atomic E-state index is 12.7. The molecule has 0 saturated heterocycles. The summed E-state index contributed by atoms with van der Waals surface area (Å²) < 4.78 is 5.63. The molecule has 120 valence electrons. The summed E-state index contributed by atoms with van der Waals surface area (Å²) in [5.41, 5.74) is 2.67. The van der Waals surface area contributed by atoms with E-state index >= 15 is 0 Å². The molecule has 4 nitrogen and oxygen atoms in total. The first-order chi connectivity index (χ1) is 11.2. The van der Waals surface area contributed by atoms with E-state index in [9.17, 15) is 4.79 Å². The van der Waals surface area contributed by atoms with Gasteiger partial charge in [0.25, 0.3) is 5.91 Å². The van der Waals surface area contributed by atoms with Gasteiger partial charge in [0, 0.05) is 12.2 Å². The van der Waals surface area contributed by atoms with Crippen molar-refractivity contribution < 1.29 is 9.53 Å². The second-order valence-corrected chi connectivity index (χ2v) is 5.60. The monoisotopic (exact) mass is 310 g/mol. The summed E-state index contributed by atoms with van der Waals surface area (Å²) in [5, 5.41) is 3.47. The molecule has 0 saturated carbocycles. The van der Waals surface area contributed by atoms with E-state index in [2.05, 4.69) is 12.2 Å². The third-order valence-electron chi connectivity index (χ3n) is 4.03. The molecule has 1 N–H and O–H groups in total. The van der Waals surface area contributed by atoms with Crippen molar-refractivity contribution in [2.45, 2.75) is 26.4 Å². The summed E-state index contributed by atoms with van der Waals surface area (Å²) in [5.74, 6) is 0.930. The van der Waals surface area contributed by atoms with Gasteiger partial charge in [0.05, 0.1) is 12.2 Å².